The predicted molar refractivity (Wildman–Crippen MR) is 260 cm³/mol. The number of nitrogens with one attached hydrogen (secondary N) is 3. The molecule has 0 spiro atoms. The standard InChI is InChI=1S/C52H84N4O12/c1-12-43-52(8,61)47(59)36(4)44(55-65-28-25-53-23-17-26-63-27-18-24-54-32-40-21-16-22-41(30-40)64-33-39-19-14-13-15-20-39)34(2)31-51(7,62-11)48(37(5)45(57)38(6)49(60)67-43)68-50-46(58)42(56(9)10)29-35(3)66-50/h13-16,19-22,30,35-38,42-43,46-48,50,53-55,58-59,61H,12,17-18,23-29,31-33H2,1-11H3/t35-,36+,37+,38-,42+,43-,46-,47-,48-,50+,51+,52-/m1/s1. The SMILES string of the molecule is CC[C@H]1OC(=O)[C@H](C)C(=O)[C@H](C)[C@@H](O[C@@H]2O[C@H](C)C[C@H](N(C)C)[C@H]2O)[C@@](C)(OC)CC(C)=C(NOCCNCCCOCCCNCc2cccc(OCc3ccccc3)c2)[C@H](C)[C@@H](O)[C@]1(C)O. The number of Topliss-reactive ketones (excluding diaryl/α,β-unsaturated/α-hetero) is 1. The van der Waals surface area contributed by atoms with Crippen molar-refractivity contribution < 1.29 is 58.2 Å². The van der Waals surface area contributed by atoms with E-state index < -0.39 is 71.4 Å². The Bertz CT molecular complexity index is 1850. The Hall–Kier alpha value is -3.52. The summed E-state index contributed by atoms with van der Waals surface area (Å²) in [5, 5.41) is 42.1. The van der Waals surface area contributed by atoms with Gasteiger partial charge < -0.3 is 59.3 Å². The van der Waals surface area contributed by atoms with Crippen molar-refractivity contribution in [3.05, 3.63) is 77.0 Å². The van der Waals surface area contributed by atoms with Gasteiger partial charge in [-0.25, -0.2) is 0 Å². The number of esters is 1. The second-order valence-electron chi connectivity index (χ2n) is 19.3. The number of rotatable bonds is 23. The number of nitrogens with zero attached hydrogens (tertiary/aromatic N) is 1. The second kappa shape index (κ2) is 27.8. The van der Waals surface area contributed by atoms with Crippen molar-refractivity contribution in [2.75, 3.05) is 60.7 Å². The van der Waals surface area contributed by atoms with E-state index in [1.165, 1.54) is 21.0 Å². The maximum Gasteiger partial charge on any atom is 0.316 e. The molecule has 2 heterocycles. The highest BCUT2D eigenvalue weighted by Crippen LogP contribution is 2.39. The van der Waals surface area contributed by atoms with Crippen molar-refractivity contribution in [3.8, 4) is 5.75 Å². The number of cyclic esters (lactones) is 1. The van der Waals surface area contributed by atoms with Gasteiger partial charge in [0.05, 0.1) is 30.5 Å². The van der Waals surface area contributed by atoms with Crippen LogP contribution < -0.4 is 20.9 Å². The van der Waals surface area contributed by atoms with Gasteiger partial charge in [0.15, 0.2) is 12.1 Å². The van der Waals surface area contributed by atoms with E-state index in [0.717, 1.165) is 49.4 Å². The molecule has 0 aliphatic carbocycles. The van der Waals surface area contributed by atoms with E-state index >= 15 is 0 Å². The van der Waals surface area contributed by atoms with E-state index in [2.05, 4.69) is 40.4 Å². The molecule has 1 saturated heterocycles. The molecule has 4 rings (SSSR count). The number of ether oxygens (including phenoxy) is 6. The molecular formula is C52H84N4O12. The van der Waals surface area contributed by atoms with Crippen LogP contribution in [0.1, 0.15) is 98.6 Å². The molecule has 2 aromatic rings. The van der Waals surface area contributed by atoms with Gasteiger partial charge in [-0.2, -0.15) is 0 Å². The van der Waals surface area contributed by atoms with Crippen molar-refractivity contribution in [1.29, 1.82) is 0 Å². The average molecular weight is 957 g/mol. The predicted octanol–water partition coefficient (Wildman–Crippen LogP) is 5.07. The summed E-state index contributed by atoms with van der Waals surface area (Å²) < 4.78 is 36.7. The molecule has 0 amide bonds. The zero-order valence-corrected chi connectivity index (χ0v) is 42.6. The number of carbonyl (C=O) groups excluding carboxylic acids is 2. The van der Waals surface area contributed by atoms with Crippen molar-refractivity contribution >= 4 is 11.8 Å². The summed E-state index contributed by atoms with van der Waals surface area (Å²) in [4.78, 5) is 35.8. The van der Waals surface area contributed by atoms with Crippen LogP contribution in [0, 0.1) is 17.8 Å². The number of ketones is 1. The van der Waals surface area contributed by atoms with Gasteiger partial charge in [0.2, 0.25) is 0 Å². The van der Waals surface area contributed by atoms with Crippen LogP contribution in [0.3, 0.4) is 0 Å². The lowest BCUT2D eigenvalue weighted by molar-refractivity contribution is -0.294. The Morgan fingerprint density at radius 2 is 1.56 bits per heavy atom. The molecule has 384 valence electrons. The summed E-state index contributed by atoms with van der Waals surface area (Å²) >= 11 is 0. The molecule has 1 fully saturated rings. The largest absolute Gasteiger partial charge is 0.489 e. The second-order valence-corrected chi connectivity index (χ2v) is 19.3. The normalized spacial score (nSPS) is 31.1. The van der Waals surface area contributed by atoms with Gasteiger partial charge >= 0.3 is 5.97 Å². The molecule has 2 aliphatic heterocycles. The molecule has 0 radical (unpaired) electrons. The van der Waals surface area contributed by atoms with Gasteiger partial charge in [-0.05, 0) is 116 Å². The van der Waals surface area contributed by atoms with Crippen molar-refractivity contribution in [2.24, 2.45) is 17.8 Å². The number of hydrogen-bond donors (Lipinski definition) is 6. The molecule has 16 nitrogen and oxygen atoms in total. The molecule has 0 saturated carbocycles. The molecule has 0 aromatic heterocycles. The minimum Gasteiger partial charge on any atom is -0.489 e. The van der Waals surface area contributed by atoms with Crippen molar-refractivity contribution in [3.63, 3.8) is 0 Å². The lowest BCUT2D eigenvalue weighted by Gasteiger charge is -2.46. The van der Waals surface area contributed by atoms with Crippen molar-refractivity contribution in [1.82, 2.24) is 21.0 Å². The fourth-order valence-electron chi connectivity index (χ4n) is 9.24. The van der Waals surface area contributed by atoms with E-state index in [9.17, 15) is 24.9 Å². The number of benzene rings is 2. The van der Waals surface area contributed by atoms with Crippen LogP contribution in [-0.4, -0.2) is 147 Å². The Morgan fingerprint density at radius 1 is 0.882 bits per heavy atom. The Balaban J connectivity index is 1.33. The van der Waals surface area contributed by atoms with Gasteiger partial charge in [-0.3, -0.25) is 19.9 Å². The fourth-order valence-corrected chi connectivity index (χ4v) is 9.24. The summed E-state index contributed by atoms with van der Waals surface area (Å²) in [6, 6.07) is 18.0. The summed E-state index contributed by atoms with van der Waals surface area (Å²) in [6.07, 6.45) is -3.41. The molecule has 68 heavy (non-hydrogen) atoms. The van der Waals surface area contributed by atoms with Gasteiger partial charge in [0.1, 0.15) is 36.1 Å². The first-order valence-corrected chi connectivity index (χ1v) is 24.5. The van der Waals surface area contributed by atoms with Crippen LogP contribution in [-0.2, 0) is 51.3 Å². The van der Waals surface area contributed by atoms with E-state index in [4.69, 9.17) is 33.3 Å². The first-order valence-electron chi connectivity index (χ1n) is 24.5. The van der Waals surface area contributed by atoms with Crippen LogP contribution in [0.5, 0.6) is 5.75 Å². The van der Waals surface area contributed by atoms with E-state index in [1.54, 1.807) is 27.7 Å². The third kappa shape index (κ3) is 16.3. The maximum atomic E-state index is 14.2. The van der Waals surface area contributed by atoms with Gasteiger partial charge in [-0.1, -0.05) is 63.2 Å². The zero-order valence-electron chi connectivity index (χ0n) is 42.6. The number of likely N-dealkylation sites (N-methyl/N-ethyl adjacent to an activating group) is 1. The highest BCUT2D eigenvalue weighted by Gasteiger charge is 2.50. The average Bonchev–Trinajstić information content (AvgIpc) is 3.32. The Labute approximate surface area is 405 Å². The molecule has 0 unspecified atom stereocenters. The lowest BCUT2D eigenvalue weighted by atomic mass is 9.77. The summed E-state index contributed by atoms with van der Waals surface area (Å²) in [5.74, 6) is -3.40. The quantitative estimate of drug-likeness (QED) is 0.0374. The van der Waals surface area contributed by atoms with Gasteiger partial charge in [0, 0.05) is 63.4 Å². The monoisotopic (exact) mass is 957 g/mol. The number of aliphatic hydroxyl groups excluding tert-OH is 2. The number of hydrogen-bond acceptors (Lipinski definition) is 16. The van der Waals surface area contributed by atoms with E-state index in [1.807, 2.05) is 63.2 Å². The fraction of sp³-hybridized carbons (Fsp3) is 0.692. The first-order chi connectivity index (χ1) is 32.3. The lowest BCUT2D eigenvalue weighted by Crippen LogP contribution is -2.59. The first kappa shape index (κ1) is 57.1. The minimum atomic E-state index is -1.91. The van der Waals surface area contributed by atoms with E-state index in [0.29, 0.717) is 44.1 Å². The number of carbonyl (C=O) groups is 2. The van der Waals surface area contributed by atoms with Crippen LogP contribution in [0.4, 0.5) is 0 Å². The summed E-state index contributed by atoms with van der Waals surface area (Å²) in [5.41, 5.74) is 3.39. The van der Waals surface area contributed by atoms with Crippen LogP contribution >= 0.6 is 0 Å². The summed E-state index contributed by atoms with van der Waals surface area (Å²) in [7, 11) is 5.28. The third-order valence-electron chi connectivity index (χ3n) is 13.5. The van der Waals surface area contributed by atoms with Gasteiger partial charge in [-0.15, -0.1) is 0 Å². The number of methoxy groups -OCH3 is 1. The smallest absolute Gasteiger partial charge is 0.316 e. The van der Waals surface area contributed by atoms with E-state index in [-0.39, 0.29) is 31.6 Å². The van der Waals surface area contributed by atoms with Crippen LogP contribution in [0.15, 0.2) is 65.9 Å². The molecular weight excluding hydrogens is 873 g/mol. The maximum absolute atomic E-state index is 14.2. The highest BCUT2D eigenvalue weighted by molar-refractivity contribution is 6.00. The Morgan fingerprint density at radius 3 is 2.22 bits per heavy atom. The van der Waals surface area contributed by atoms with Gasteiger partial charge in [0.25, 0.3) is 0 Å². The van der Waals surface area contributed by atoms with Crippen LogP contribution in [0.25, 0.3) is 0 Å². The number of hydroxylamine groups is 1. The topological polar surface area (TPSA) is 199 Å². The number of aliphatic hydroxyl groups is 3. The molecule has 2 aromatic carbocycles. The molecule has 6 N–H and O–H groups in total. The molecule has 16 heteroatoms. The van der Waals surface area contributed by atoms with Crippen LogP contribution in [0.2, 0.25) is 0 Å². The Kier molecular flexibility index (Phi) is 23.3. The highest BCUT2D eigenvalue weighted by atomic mass is 16.7. The molecule has 0 bridgehead atoms. The summed E-state index contributed by atoms with van der Waals surface area (Å²) in [6.45, 7) is 18.5. The molecule has 2 aliphatic rings. The zero-order chi connectivity index (χ0) is 50.0. The van der Waals surface area contributed by atoms with Crippen molar-refractivity contribution in [2.45, 2.75) is 155 Å². The minimum absolute atomic E-state index is 0.162. The molecule has 12 atom stereocenters. The third-order valence-corrected chi connectivity index (χ3v) is 13.5.